The Hall–Kier alpha value is -0.730. The zero-order valence-electron chi connectivity index (χ0n) is 11.7. The molecule has 0 saturated heterocycles. The highest BCUT2D eigenvalue weighted by Crippen LogP contribution is 2.26. The van der Waals surface area contributed by atoms with E-state index in [1.165, 1.54) is 51.4 Å². The standard InChI is InChI=1S/C14H27N3/c1-4-6-8-9-11-13(10-7-5-2)14-15-12(3)16-17-14/h13-14H,4-11H2,1-3H3. The van der Waals surface area contributed by atoms with Crippen molar-refractivity contribution in [3.63, 3.8) is 0 Å². The van der Waals surface area contributed by atoms with E-state index in [0.717, 1.165) is 5.84 Å². The molecule has 0 aromatic carbocycles. The van der Waals surface area contributed by atoms with Crippen molar-refractivity contribution in [2.45, 2.75) is 78.3 Å². The van der Waals surface area contributed by atoms with Gasteiger partial charge in [-0.05, 0) is 19.8 Å². The third-order valence-corrected chi connectivity index (χ3v) is 3.42. The molecule has 0 saturated carbocycles. The van der Waals surface area contributed by atoms with Crippen LogP contribution in [0.1, 0.15) is 72.1 Å². The molecule has 0 aromatic rings. The molecule has 0 radical (unpaired) electrons. The molecule has 0 bridgehead atoms. The Morgan fingerprint density at radius 2 is 1.71 bits per heavy atom. The van der Waals surface area contributed by atoms with E-state index in [1.54, 1.807) is 0 Å². The number of nitrogens with zero attached hydrogens (tertiary/aromatic N) is 3. The summed E-state index contributed by atoms with van der Waals surface area (Å²) in [7, 11) is 0. The SMILES string of the molecule is CCCCCCC(CCCC)C1N=NC(C)=N1. The molecular weight excluding hydrogens is 210 g/mol. The lowest BCUT2D eigenvalue weighted by Gasteiger charge is -2.18. The van der Waals surface area contributed by atoms with Crippen LogP contribution in [-0.2, 0) is 0 Å². The predicted molar refractivity (Wildman–Crippen MR) is 73.5 cm³/mol. The van der Waals surface area contributed by atoms with Crippen LogP contribution in [0.3, 0.4) is 0 Å². The fourth-order valence-electron chi connectivity index (χ4n) is 2.33. The van der Waals surface area contributed by atoms with E-state index in [4.69, 9.17) is 0 Å². The molecule has 17 heavy (non-hydrogen) atoms. The van der Waals surface area contributed by atoms with Crippen molar-refractivity contribution in [3.05, 3.63) is 0 Å². The van der Waals surface area contributed by atoms with Crippen molar-refractivity contribution in [2.75, 3.05) is 0 Å². The Balaban J connectivity index is 2.35. The normalized spacial score (nSPS) is 20.6. The Morgan fingerprint density at radius 1 is 1.00 bits per heavy atom. The lowest BCUT2D eigenvalue weighted by atomic mass is 9.93. The molecule has 0 amide bonds. The largest absolute Gasteiger partial charge is 0.240 e. The number of hydrogen-bond donors (Lipinski definition) is 0. The minimum absolute atomic E-state index is 0.128. The topological polar surface area (TPSA) is 37.1 Å². The summed E-state index contributed by atoms with van der Waals surface area (Å²) in [5.41, 5.74) is 0. The van der Waals surface area contributed by atoms with E-state index in [0.29, 0.717) is 5.92 Å². The molecular formula is C14H27N3. The first kappa shape index (κ1) is 14.3. The molecule has 0 fully saturated rings. The second-order valence-electron chi connectivity index (χ2n) is 5.06. The van der Waals surface area contributed by atoms with E-state index in [2.05, 4.69) is 29.1 Å². The zero-order chi connectivity index (χ0) is 12.5. The van der Waals surface area contributed by atoms with Crippen molar-refractivity contribution >= 4 is 5.84 Å². The van der Waals surface area contributed by atoms with Crippen LogP contribution in [0.4, 0.5) is 0 Å². The first-order valence-corrected chi connectivity index (χ1v) is 7.23. The highest BCUT2D eigenvalue weighted by atomic mass is 15.3. The molecule has 0 spiro atoms. The van der Waals surface area contributed by atoms with Crippen molar-refractivity contribution in [2.24, 2.45) is 21.1 Å². The Morgan fingerprint density at radius 3 is 2.29 bits per heavy atom. The summed E-state index contributed by atoms with van der Waals surface area (Å²) in [6.45, 7) is 6.45. The van der Waals surface area contributed by atoms with Crippen LogP contribution in [-0.4, -0.2) is 12.0 Å². The summed E-state index contributed by atoms with van der Waals surface area (Å²) in [6, 6.07) is 0. The monoisotopic (exact) mass is 237 g/mol. The number of rotatable bonds is 9. The molecule has 3 nitrogen and oxygen atoms in total. The van der Waals surface area contributed by atoms with Crippen LogP contribution < -0.4 is 0 Å². The molecule has 2 atom stereocenters. The van der Waals surface area contributed by atoms with Gasteiger partial charge in [-0.2, -0.15) is 5.11 Å². The quantitative estimate of drug-likeness (QED) is 0.507. The fraction of sp³-hybridized carbons (Fsp3) is 0.929. The molecule has 1 heterocycles. The van der Waals surface area contributed by atoms with Crippen molar-refractivity contribution in [1.29, 1.82) is 0 Å². The highest BCUT2D eigenvalue weighted by molar-refractivity contribution is 5.81. The van der Waals surface area contributed by atoms with E-state index in [9.17, 15) is 0 Å². The van der Waals surface area contributed by atoms with Gasteiger partial charge >= 0.3 is 0 Å². The molecule has 2 unspecified atom stereocenters. The lowest BCUT2D eigenvalue weighted by Crippen LogP contribution is -2.15. The summed E-state index contributed by atoms with van der Waals surface area (Å²) >= 11 is 0. The molecule has 0 N–H and O–H groups in total. The first-order valence-electron chi connectivity index (χ1n) is 7.23. The van der Waals surface area contributed by atoms with E-state index in [-0.39, 0.29) is 6.17 Å². The third kappa shape index (κ3) is 5.42. The summed E-state index contributed by atoms with van der Waals surface area (Å²) in [6.07, 6.45) is 10.5. The van der Waals surface area contributed by atoms with E-state index < -0.39 is 0 Å². The molecule has 0 aromatic heterocycles. The first-order chi connectivity index (χ1) is 8.27. The van der Waals surface area contributed by atoms with E-state index >= 15 is 0 Å². The van der Waals surface area contributed by atoms with Gasteiger partial charge in [-0.25, -0.2) is 4.99 Å². The number of amidine groups is 1. The molecule has 3 heteroatoms. The van der Waals surface area contributed by atoms with Gasteiger partial charge in [-0.1, -0.05) is 52.4 Å². The number of azo groups is 1. The lowest BCUT2D eigenvalue weighted by molar-refractivity contribution is 0.353. The number of aliphatic imine (C=N–C) groups is 1. The van der Waals surface area contributed by atoms with Gasteiger partial charge in [0.25, 0.3) is 0 Å². The molecule has 1 rings (SSSR count). The van der Waals surface area contributed by atoms with Crippen LogP contribution in [0.15, 0.2) is 15.2 Å². The minimum Gasteiger partial charge on any atom is -0.240 e. The van der Waals surface area contributed by atoms with Gasteiger partial charge < -0.3 is 0 Å². The van der Waals surface area contributed by atoms with Gasteiger partial charge in [-0.3, -0.25) is 0 Å². The smallest absolute Gasteiger partial charge is 0.165 e. The maximum atomic E-state index is 4.52. The number of hydrogen-bond acceptors (Lipinski definition) is 3. The van der Waals surface area contributed by atoms with Crippen molar-refractivity contribution in [3.8, 4) is 0 Å². The predicted octanol–water partition coefficient (Wildman–Crippen LogP) is 4.97. The summed E-state index contributed by atoms with van der Waals surface area (Å²) < 4.78 is 0. The van der Waals surface area contributed by atoms with Crippen LogP contribution in [0.2, 0.25) is 0 Å². The number of unbranched alkanes of at least 4 members (excludes halogenated alkanes) is 4. The summed E-state index contributed by atoms with van der Waals surface area (Å²) in [5.74, 6) is 1.47. The second-order valence-corrected chi connectivity index (χ2v) is 5.06. The Labute approximate surface area is 106 Å². The van der Waals surface area contributed by atoms with Gasteiger partial charge in [0, 0.05) is 5.92 Å². The third-order valence-electron chi connectivity index (χ3n) is 3.42. The van der Waals surface area contributed by atoms with Crippen molar-refractivity contribution in [1.82, 2.24) is 0 Å². The molecule has 1 aliphatic heterocycles. The van der Waals surface area contributed by atoms with Crippen LogP contribution >= 0.6 is 0 Å². The van der Waals surface area contributed by atoms with Crippen LogP contribution in [0, 0.1) is 5.92 Å². The zero-order valence-corrected chi connectivity index (χ0v) is 11.7. The van der Waals surface area contributed by atoms with Gasteiger partial charge in [0.15, 0.2) is 6.17 Å². The van der Waals surface area contributed by atoms with Crippen LogP contribution in [0.25, 0.3) is 0 Å². The fourth-order valence-corrected chi connectivity index (χ4v) is 2.33. The highest BCUT2D eigenvalue weighted by Gasteiger charge is 2.22. The van der Waals surface area contributed by atoms with Gasteiger partial charge in [0.05, 0.1) is 0 Å². The maximum absolute atomic E-state index is 4.52. The molecule has 98 valence electrons. The van der Waals surface area contributed by atoms with Crippen molar-refractivity contribution < 1.29 is 0 Å². The average molecular weight is 237 g/mol. The average Bonchev–Trinajstić information content (AvgIpc) is 2.75. The molecule has 0 aliphatic carbocycles. The Bertz CT molecular complexity index is 258. The van der Waals surface area contributed by atoms with Gasteiger partial charge in [-0.15, -0.1) is 5.11 Å². The molecule has 1 aliphatic rings. The maximum Gasteiger partial charge on any atom is 0.165 e. The second kappa shape index (κ2) is 8.37. The van der Waals surface area contributed by atoms with Gasteiger partial charge in [0.1, 0.15) is 5.84 Å². The van der Waals surface area contributed by atoms with Gasteiger partial charge in [0.2, 0.25) is 0 Å². The summed E-state index contributed by atoms with van der Waals surface area (Å²) in [5, 5.41) is 8.36. The van der Waals surface area contributed by atoms with E-state index in [1.807, 2.05) is 6.92 Å². The minimum atomic E-state index is 0.128. The Kier molecular flexibility index (Phi) is 7.06. The summed E-state index contributed by atoms with van der Waals surface area (Å²) in [4.78, 5) is 4.52. The van der Waals surface area contributed by atoms with Crippen LogP contribution in [0.5, 0.6) is 0 Å².